The Morgan fingerprint density at radius 3 is 2.36 bits per heavy atom. The smallest absolute Gasteiger partial charge is 0.423 e. The monoisotopic (exact) mass is 209 g/mol. The van der Waals surface area contributed by atoms with Gasteiger partial charge < -0.3 is 15.3 Å². The molecule has 6 heteroatoms. The first kappa shape index (κ1) is 11.1. The van der Waals surface area contributed by atoms with Crippen molar-refractivity contribution in [3.8, 4) is 0 Å². The maximum Gasteiger partial charge on any atom is 0.423 e. The van der Waals surface area contributed by atoms with Crippen LogP contribution in [-0.2, 0) is 5.60 Å². The molecule has 14 heavy (non-hydrogen) atoms. The predicted octanol–water partition coefficient (Wildman–Crippen LogP) is 1.38. The molecule has 1 rings (SSSR count). The molecular formula is C8H10F3NO2. The highest BCUT2D eigenvalue weighted by molar-refractivity contribution is 5.21. The SMILES string of the molecule is CC(N)C(O)(c1ccoc1)C(F)(F)F. The van der Waals surface area contributed by atoms with Crippen LogP contribution in [0.3, 0.4) is 0 Å². The number of rotatable bonds is 2. The Hall–Kier alpha value is -1.01. The molecule has 1 heterocycles. The van der Waals surface area contributed by atoms with Crippen LogP contribution in [0, 0.1) is 0 Å². The summed E-state index contributed by atoms with van der Waals surface area (Å²) in [4.78, 5) is 0. The first-order valence-corrected chi connectivity index (χ1v) is 3.87. The van der Waals surface area contributed by atoms with E-state index in [4.69, 9.17) is 5.73 Å². The maximum absolute atomic E-state index is 12.5. The van der Waals surface area contributed by atoms with Gasteiger partial charge in [0.25, 0.3) is 0 Å². The van der Waals surface area contributed by atoms with Crippen LogP contribution in [0.4, 0.5) is 13.2 Å². The van der Waals surface area contributed by atoms with Crippen molar-refractivity contribution in [3.05, 3.63) is 24.2 Å². The fourth-order valence-electron chi connectivity index (χ4n) is 1.17. The van der Waals surface area contributed by atoms with Crippen molar-refractivity contribution in [2.75, 3.05) is 0 Å². The molecule has 0 aromatic carbocycles. The van der Waals surface area contributed by atoms with Gasteiger partial charge in [-0.25, -0.2) is 0 Å². The molecule has 0 fully saturated rings. The highest BCUT2D eigenvalue weighted by Gasteiger charge is 2.58. The second-order valence-corrected chi connectivity index (χ2v) is 3.06. The number of aliphatic hydroxyl groups is 1. The number of furan rings is 1. The van der Waals surface area contributed by atoms with Crippen molar-refractivity contribution in [1.82, 2.24) is 0 Å². The maximum atomic E-state index is 12.5. The summed E-state index contributed by atoms with van der Waals surface area (Å²) in [6.45, 7) is 1.08. The van der Waals surface area contributed by atoms with Crippen LogP contribution in [0.15, 0.2) is 23.0 Å². The fraction of sp³-hybridized carbons (Fsp3) is 0.500. The molecule has 0 radical (unpaired) electrons. The molecule has 2 atom stereocenters. The predicted molar refractivity (Wildman–Crippen MR) is 42.3 cm³/mol. The van der Waals surface area contributed by atoms with Crippen molar-refractivity contribution < 1.29 is 22.7 Å². The summed E-state index contributed by atoms with van der Waals surface area (Å²) in [6.07, 6.45) is -2.95. The molecule has 0 saturated carbocycles. The standard InChI is InChI=1S/C8H10F3NO2/c1-5(12)7(13,8(9,10)11)6-2-3-14-4-6/h2-5,13H,12H2,1H3. The van der Waals surface area contributed by atoms with Crippen LogP contribution in [0.1, 0.15) is 12.5 Å². The van der Waals surface area contributed by atoms with Crippen molar-refractivity contribution in [2.45, 2.75) is 24.7 Å². The van der Waals surface area contributed by atoms with Gasteiger partial charge in [-0.3, -0.25) is 0 Å². The molecule has 1 aromatic heterocycles. The summed E-state index contributed by atoms with van der Waals surface area (Å²) >= 11 is 0. The lowest BCUT2D eigenvalue weighted by Gasteiger charge is -2.32. The minimum absolute atomic E-state index is 0.389. The highest BCUT2D eigenvalue weighted by Crippen LogP contribution is 2.40. The molecule has 3 nitrogen and oxygen atoms in total. The third-order valence-electron chi connectivity index (χ3n) is 2.05. The van der Waals surface area contributed by atoms with E-state index in [0.29, 0.717) is 0 Å². The molecule has 1 aromatic rings. The normalized spacial score (nSPS) is 19.0. The number of hydrogen-bond acceptors (Lipinski definition) is 3. The summed E-state index contributed by atoms with van der Waals surface area (Å²) in [6, 6.07) is -0.434. The highest BCUT2D eigenvalue weighted by atomic mass is 19.4. The number of hydrogen-bond donors (Lipinski definition) is 2. The molecule has 0 aliphatic heterocycles. The molecule has 80 valence electrons. The molecule has 0 aliphatic carbocycles. The first-order chi connectivity index (χ1) is 6.30. The van der Waals surface area contributed by atoms with Gasteiger partial charge in [-0.1, -0.05) is 0 Å². The van der Waals surface area contributed by atoms with Crippen LogP contribution in [0.25, 0.3) is 0 Å². The first-order valence-electron chi connectivity index (χ1n) is 3.87. The van der Waals surface area contributed by atoms with E-state index in [1.54, 1.807) is 0 Å². The third-order valence-corrected chi connectivity index (χ3v) is 2.05. The van der Waals surface area contributed by atoms with Crippen LogP contribution in [-0.4, -0.2) is 17.3 Å². The summed E-state index contributed by atoms with van der Waals surface area (Å²) in [5.74, 6) is 0. The molecule has 0 aliphatic rings. The lowest BCUT2D eigenvalue weighted by atomic mass is 9.89. The Labute approximate surface area is 78.3 Å². The van der Waals surface area contributed by atoms with Gasteiger partial charge in [0.15, 0.2) is 0 Å². The second-order valence-electron chi connectivity index (χ2n) is 3.06. The van der Waals surface area contributed by atoms with Crippen molar-refractivity contribution >= 4 is 0 Å². The van der Waals surface area contributed by atoms with Crippen molar-refractivity contribution in [2.24, 2.45) is 5.73 Å². The largest absolute Gasteiger partial charge is 0.472 e. The van der Waals surface area contributed by atoms with E-state index in [1.807, 2.05) is 0 Å². The molecule has 0 bridgehead atoms. The summed E-state index contributed by atoms with van der Waals surface area (Å²) in [5, 5.41) is 9.48. The molecular weight excluding hydrogens is 199 g/mol. The lowest BCUT2D eigenvalue weighted by molar-refractivity contribution is -0.273. The molecule has 3 N–H and O–H groups in total. The van der Waals surface area contributed by atoms with Gasteiger partial charge in [0, 0.05) is 11.6 Å². The minimum Gasteiger partial charge on any atom is -0.472 e. The van der Waals surface area contributed by atoms with E-state index >= 15 is 0 Å². The topological polar surface area (TPSA) is 59.4 Å². The zero-order valence-corrected chi connectivity index (χ0v) is 7.38. The van der Waals surface area contributed by atoms with Crippen molar-refractivity contribution in [3.63, 3.8) is 0 Å². The molecule has 2 unspecified atom stereocenters. The number of alkyl halides is 3. The van der Waals surface area contributed by atoms with Crippen molar-refractivity contribution in [1.29, 1.82) is 0 Å². The van der Waals surface area contributed by atoms with Gasteiger partial charge in [0.05, 0.1) is 12.5 Å². The Bertz CT molecular complexity index is 294. The average molecular weight is 209 g/mol. The molecule has 0 saturated heterocycles. The fourth-order valence-corrected chi connectivity index (χ4v) is 1.17. The van der Waals surface area contributed by atoms with E-state index in [2.05, 4.69) is 4.42 Å². The quantitative estimate of drug-likeness (QED) is 0.773. The summed E-state index contributed by atoms with van der Waals surface area (Å²) in [7, 11) is 0. The Kier molecular flexibility index (Phi) is 2.60. The van der Waals surface area contributed by atoms with E-state index in [9.17, 15) is 18.3 Å². The summed E-state index contributed by atoms with van der Waals surface area (Å²) < 4.78 is 42.1. The van der Waals surface area contributed by atoms with E-state index in [-0.39, 0.29) is 5.56 Å². The Balaban J connectivity index is 3.20. The van der Waals surface area contributed by atoms with Gasteiger partial charge >= 0.3 is 6.18 Å². The average Bonchev–Trinajstić information content (AvgIpc) is 2.52. The van der Waals surface area contributed by atoms with Gasteiger partial charge in [-0.05, 0) is 13.0 Å². The third kappa shape index (κ3) is 1.51. The van der Waals surface area contributed by atoms with Crippen LogP contribution < -0.4 is 5.73 Å². The Morgan fingerprint density at radius 1 is 1.50 bits per heavy atom. The van der Waals surface area contributed by atoms with Crippen LogP contribution in [0.2, 0.25) is 0 Å². The summed E-state index contributed by atoms with van der Waals surface area (Å²) in [5.41, 5.74) is 1.69. The van der Waals surface area contributed by atoms with E-state index in [1.165, 1.54) is 0 Å². The van der Waals surface area contributed by atoms with Crippen LogP contribution >= 0.6 is 0 Å². The van der Waals surface area contributed by atoms with Gasteiger partial charge in [0.2, 0.25) is 5.60 Å². The number of nitrogens with two attached hydrogens (primary N) is 1. The van der Waals surface area contributed by atoms with E-state index < -0.39 is 17.8 Å². The van der Waals surface area contributed by atoms with E-state index in [0.717, 1.165) is 25.5 Å². The Morgan fingerprint density at radius 2 is 2.07 bits per heavy atom. The zero-order valence-electron chi connectivity index (χ0n) is 7.38. The van der Waals surface area contributed by atoms with Gasteiger partial charge in [-0.2, -0.15) is 13.2 Å². The second kappa shape index (κ2) is 3.29. The van der Waals surface area contributed by atoms with Gasteiger partial charge in [0.1, 0.15) is 0 Å². The zero-order chi connectivity index (χ0) is 11.0. The molecule has 0 spiro atoms. The lowest BCUT2D eigenvalue weighted by Crippen LogP contribution is -2.54. The van der Waals surface area contributed by atoms with Crippen LogP contribution in [0.5, 0.6) is 0 Å². The number of halogens is 3. The van der Waals surface area contributed by atoms with Gasteiger partial charge in [-0.15, -0.1) is 0 Å². The minimum atomic E-state index is -4.83. The molecule has 0 amide bonds.